The highest BCUT2D eigenvalue weighted by molar-refractivity contribution is 5.95. The Hall–Kier alpha value is -3.28. The Morgan fingerprint density at radius 3 is 2.24 bits per heavy atom. The quantitative estimate of drug-likeness (QED) is 0.646. The maximum absolute atomic E-state index is 12.4. The van der Waals surface area contributed by atoms with Gasteiger partial charge in [-0.3, -0.25) is 0 Å². The van der Waals surface area contributed by atoms with Crippen LogP contribution in [0, 0.1) is 0 Å². The van der Waals surface area contributed by atoms with Gasteiger partial charge in [-0.1, -0.05) is 18.2 Å². The first-order chi connectivity index (χ1) is 12.2. The molecule has 0 unspecified atom stereocenters. The zero-order chi connectivity index (χ0) is 17.6. The van der Waals surface area contributed by atoms with E-state index in [-0.39, 0.29) is 12.2 Å². The van der Waals surface area contributed by atoms with Gasteiger partial charge in [0.25, 0.3) is 0 Å². The van der Waals surface area contributed by atoms with E-state index in [0.717, 1.165) is 11.3 Å². The topological polar surface area (TPSA) is 62.6 Å². The number of carbonyl (C=O) groups is 1. The zero-order valence-electron chi connectivity index (χ0n) is 14.0. The van der Waals surface area contributed by atoms with Crippen molar-refractivity contribution < 1.29 is 19.0 Å². The number of hydrogen-bond acceptors (Lipinski definition) is 5. The van der Waals surface area contributed by atoms with Crippen LogP contribution in [0.5, 0.6) is 11.5 Å². The molecule has 0 aliphatic heterocycles. The summed E-state index contributed by atoms with van der Waals surface area (Å²) in [5.74, 6) is 0.335. The summed E-state index contributed by atoms with van der Waals surface area (Å²) in [7, 11) is 3.00. The summed E-state index contributed by atoms with van der Waals surface area (Å²) in [6.45, 7) is 0.152. The largest absolute Gasteiger partial charge is 0.496 e. The number of esters is 1. The summed E-state index contributed by atoms with van der Waals surface area (Å²) in [6, 6.07) is 14.6. The summed E-state index contributed by atoms with van der Waals surface area (Å²) in [5.41, 5.74) is 2.09. The minimum atomic E-state index is -0.495. The summed E-state index contributed by atoms with van der Waals surface area (Å²) in [6.07, 6.45) is 3.58. The van der Waals surface area contributed by atoms with Gasteiger partial charge < -0.3 is 14.2 Å². The van der Waals surface area contributed by atoms with Crippen molar-refractivity contribution in [1.82, 2.24) is 9.78 Å². The smallest absolute Gasteiger partial charge is 0.346 e. The third-order valence-corrected chi connectivity index (χ3v) is 3.71. The molecule has 128 valence electrons. The second-order valence-electron chi connectivity index (χ2n) is 5.23. The fourth-order valence-corrected chi connectivity index (χ4v) is 2.44. The highest BCUT2D eigenvalue weighted by Crippen LogP contribution is 2.29. The van der Waals surface area contributed by atoms with Crippen LogP contribution in [0.4, 0.5) is 0 Å². The van der Waals surface area contributed by atoms with E-state index in [1.54, 1.807) is 29.1 Å². The van der Waals surface area contributed by atoms with Gasteiger partial charge in [0.15, 0.2) is 0 Å². The van der Waals surface area contributed by atoms with Gasteiger partial charge in [-0.25, -0.2) is 9.48 Å². The third-order valence-electron chi connectivity index (χ3n) is 3.71. The van der Waals surface area contributed by atoms with E-state index in [1.165, 1.54) is 14.2 Å². The number of ether oxygens (including phenoxy) is 3. The highest BCUT2D eigenvalue weighted by Gasteiger charge is 2.19. The van der Waals surface area contributed by atoms with E-state index >= 15 is 0 Å². The van der Waals surface area contributed by atoms with Gasteiger partial charge in [0.1, 0.15) is 23.7 Å². The molecule has 2 aromatic carbocycles. The van der Waals surface area contributed by atoms with Gasteiger partial charge in [0.05, 0.1) is 19.9 Å². The minimum absolute atomic E-state index is 0.152. The van der Waals surface area contributed by atoms with Crippen LogP contribution in [0.3, 0.4) is 0 Å². The van der Waals surface area contributed by atoms with Crippen molar-refractivity contribution in [1.29, 1.82) is 0 Å². The molecule has 0 radical (unpaired) electrons. The van der Waals surface area contributed by atoms with Crippen molar-refractivity contribution in [2.45, 2.75) is 6.61 Å². The fourth-order valence-electron chi connectivity index (χ4n) is 2.44. The maximum Gasteiger partial charge on any atom is 0.346 e. The Morgan fingerprint density at radius 1 is 1.00 bits per heavy atom. The summed E-state index contributed by atoms with van der Waals surface area (Å²) in [5, 5.41) is 4.17. The summed E-state index contributed by atoms with van der Waals surface area (Å²) in [4.78, 5) is 12.4. The number of benzene rings is 2. The van der Waals surface area contributed by atoms with Crippen LogP contribution in [0.25, 0.3) is 5.69 Å². The van der Waals surface area contributed by atoms with Gasteiger partial charge in [-0.15, -0.1) is 0 Å². The van der Waals surface area contributed by atoms with Crippen molar-refractivity contribution in [3.05, 3.63) is 72.1 Å². The molecular weight excluding hydrogens is 320 g/mol. The summed E-state index contributed by atoms with van der Waals surface area (Å²) < 4.78 is 17.6. The highest BCUT2D eigenvalue weighted by atomic mass is 16.5. The number of nitrogens with zero attached hydrogens (tertiary/aromatic N) is 2. The Morgan fingerprint density at radius 2 is 1.68 bits per heavy atom. The molecule has 0 aliphatic carbocycles. The van der Waals surface area contributed by atoms with Crippen molar-refractivity contribution in [2.24, 2.45) is 0 Å². The molecule has 6 nitrogen and oxygen atoms in total. The van der Waals surface area contributed by atoms with Gasteiger partial charge in [-0.05, 0) is 35.9 Å². The molecule has 0 atom stereocenters. The van der Waals surface area contributed by atoms with Gasteiger partial charge in [0, 0.05) is 12.4 Å². The van der Waals surface area contributed by atoms with Crippen molar-refractivity contribution >= 4 is 5.97 Å². The number of rotatable bonds is 6. The predicted octanol–water partition coefficient (Wildman–Crippen LogP) is 3.25. The molecule has 0 bridgehead atoms. The first-order valence-electron chi connectivity index (χ1n) is 7.70. The van der Waals surface area contributed by atoms with Gasteiger partial charge >= 0.3 is 5.97 Å². The molecule has 0 N–H and O–H groups in total. The Kier molecular flexibility index (Phi) is 4.99. The zero-order valence-corrected chi connectivity index (χ0v) is 14.0. The number of methoxy groups -OCH3 is 2. The normalized spacial score (nSPS) is 10.3. The van der Waals surface area contributed by atoms with E-state index in [4.69, 9.17) is 14.2 Å². The molecular formula is C19H18N2O4. The SMILES string of the molecule is COc1cccc(OC)c1C(=O)OCc1ccc(-n2cccn2)cc1. The molecule has 0 spiro atoms. The van der Waals surface area contributed by atoms with Crippen LogP contribution in [-0.4, -0.2) is 30.0 Å². The molecule has 0 saturated heterocycles. The van der Waals surface area contributed by atoms with E-state index in [9.17, 15) is 4.79 Å². The summed E-state index contributed by atoms with van der Waals surface area (Å²) >= 11 is 0. The monoisotopic (exact) mass is 338 g/mol. The lowest BCUT2D eigenvalue weighted by Gasteiger charge is -2.12. The average Bonchev–Trinajstić information content (AvgIpc) is 3.20. The first-order valence-corrected chi connectivity index (χ1v) is 7.70. The molecule has 6 heteroatoms. The molecule has 3 rings (SSSR count). The lowest BCUT2D eigenvalue weighted by Crippen LogP contribution is -2.09. The molecule has 1 aromatic heterocycles. The Balaban J connectivity index is 1.71. The van der Waals surface area contributed by atoms with E-state index < -0.39 is 5.97 Å². The molecule has 0 fully saturated rings. The molecule has 0 saturated carbocycles. The molecule has 0 amide bonds. The molecule has 1 heterocycles. The van der Waals surface area contributed by atoms with E-state index in [2.05, 4.69) is 5.10 Å². The van der Waals surface area contributed by atoms with Crippen LogP contribution in [0.2, 0.25) is 0 Å². The second kappa shape index (κ2) is 7.53. The molecule has 25 heavy (non-hydrogen) atoms. The minimum Gasteiger partial charge on any atom is -0.496 e. The van der Waals surface area contributed by atoms with E-state index in [1.807, 2.05) is 36.5 Å². The average molecular weight is 338 g/mol. The maximum atomic E-state index is 12.4. The van der Waals surface area contributed by atoms with Crippen LogP contribution in [-0.2, 0) is 11.3 Å². The Labute approximate surface area is 145 Å². The third kappa shape index (κ3) is 3.63. The van der Waals surface area contributed by atoms with Gasteiger partial charge in [-0.2, -0.15) is 5.10 Å². The molecule has 0 aliphatic rings. The van der Waals surface area contributed by atoms with Crippen LogP contribution < -0.4 is 9.47 Å². The Bertz CT molecular complexity index is 820. The van der Waals surface area contributed by atoms with Crippen molar-refractivity contribution in [3.63, 3.8) is 0 Å². The fraction of sp³-hybridized carbons (Fsp3) is 0.158. The second-order valence-corrected chi connectivity index (χ2v) is 5.23. The predicted molar refractivity (Wildman–Crippen MR) is 92.2 cm³/mol. The van der Waals surface area contributed by atoms with Crippen molar-refractivity contribution in [2.75, 3.05) is 14.2 Å². The number of aromatic nitrogens is 2. The first kappa shape index (κ1) is 16.6. The van der Waals surface area contributed by atoms with Crippen LogP contribution in [0.1, 0.15) is 15.9 Å². The standard InChI is InChI=1S/C19H18N2O4/c1-23-16-5-3-6-17(24-2)18(16)19(22)25-13-14-7-9-15(10-8-14)21-12-4-11-20-21/h3-12H,13H2,1-2H3. The van der Waals surface area contributed by atoms with E-state index in [0.29, 0.717) is 11.5 Å². The van der Waals surface area contributed by atoms with Crippen LogP contribution in [0.15, 0.2) is 60.9 Å². The number of hydrogen-bond donors (Lipinski definition) is 0. The molecule has 3 aromatic rings. The lowest BCUT2D eigenvalue weighted by atomic mass is 10.1. The van der Waals surface area contributed by atoms with Crippen molar-refractivity contribution in [3.8, 4) is 17.2 Å². The van der Waals surface area contributed by atoms with Gasteiger partial charge in [0.2, 0.25) is 0 Å². The lowest BCUT2D eigenvalue weighted by molar-refractivity contribution is 0.0465. The van der Waals surface area contributed by atoms with Crippen LogP contribution >= 0.6 is 0 Å². The number of carbonyl (C=O) groups excluding carboxylic acids is 1.